The number of hydrogen-bond donors (Lipinski definition) is 1. The zero-order valence-electron chi connectivity index (χ0n) is 13.7. The Morgan fingerprint density at radius 2 is 1.90 bits per heavy atom. The first-order valence-electron chi connectivity index (χ1n) is 8.88. The summed E-state index contributed by atoms with van der Waals surface area (Å²) in [7, 11) is 0. The van der Waals surface area contributed by atoms with Gasteiger partial charge in [-0.05, 0) is 85.5 Å². The second kappa shape index (κ2) is 4.50. The number of aliphatic hydroxyl groups is 1. The topological polar surface area (TPSA) is 29.5 Å². The molecule has 4 aliphatic carbocycles. The van der Waals surface area contributed by atoms with Crippen LogP contribution in [0.1, 0.15) is 71.6 Å². The van der Waals surface area contributed by atoms with Crippen LogP contribution in [-0.2, 0) is 4.74 Å². The van der Waals surface area contributed by atoms with Crippen molar-refractivity contribution in [3.8, 4) is 0 Å². The summed E-state index contributed by atoms with van der Waals surface area (Å²) >= 11 is 0. The van der Waals surface area contributed by atoms with Gasteiger partial charge in [-0.25, -0.2) is 0 Å². The monoisotopic (exact) mass is 290 g/mol. The molecule has 0 aromatic heterocycles. The Hall–Kier alpha value is -0.500. The standard InChI is InChI=1S/C19H30O2/c1-17-6-14-7-18(2,11-17)13-19(8-14,12-17)9-16(20)15-4-3-5-21-10-15/h10,14,16,20H,3-9,11-13H2,1-2H3. The number of hydrogen-bond acceptors (Lipinski definition) is 2. The Bertz CT molecular complexity index is 448. The molecule has 5 rings (SSSR count). The molecule has 1 heterocycles. The molecule has 2 heteroatoms. The summed E-state index contributed by atoms with van der Waals surface area (Å²) in [6.45, 7) is 5.85. The van der Waals surface area contributed by atoms with Crippen molar-refractivity contribution < 1.29 is 9.84 Å². The van der Waals surface area contributed by atoms with Crippen LogP contribution < -0.4 is 0 Å². The van der Waals surface area contributed by atoms with Crippen LogP contribution in [0.5, 0.6) is 0 Å². The molecule has 118 valence electrons. The first-order chi connectivity index (χ1) is 9.90. The lowest BCUT2D eigenvalue weighted by molar-refractivity contribution is -0.154. The van der Waals surface area contributed by atoms with Gasteiger partial charge in [0, 0.05) is 0 Å². The Morgan fingerprint density at radius 1 is 1.19 bits per heavy atom. The van der Waals surface area contributed by atoms with Crippen molar-refractivity contribution in [1.82, 2.24) is 0 Å². The van der Waals surface area contributed by atoms with Gasteiger partial charge in [0.05, 0.1) is 19.0 Å². The third-order valence-corrected chi connectivity index (χ3v) is 6.76. The second-order valence-electron chi connectivity index (χ2n) is 9.52. The zero-order chi connectivity index (χ0) is 14.7. The second-order valence-corrected chi connectivity index (χ2v) is 9.52. The molecule has 1 N–H and O–H groups in total. The minimum atomic E-state index is -0.270. The lowest BCUT2D eigenvalue weighted by Crippen LogP contribution is -2.55. The van der Waals surface area contributed by atoms with Crippen molar-refractivity contribution in [3.05, 3.63) is 11.8 Å². The molecule has 3 atom stereocenters. The van der Waals surface area contributed by atoms with Crippen molar-refractivity contribution >= 4 is 0 Å². The van der Waals surface area contributed by atoms with Gasteiger partial charge in [-0.2, -0.15) is 0 Å². The summed E-state index contributed by atoms with van der Waals surface area (Å²) in [5, 5.41) is 10.8. The first kappa shape index (κ1) is 14.1. The smallest absolute Gasteiger partial charge is 0.0876 e. The molecule has 0 aromatic rings. The zero-order valence-corrected chi connectivity index (χ0v) is 13.7. The molecule has 1 aliphatic heterocycles. The number of rotatable bonds is 3. The molecule has 0 saturated heterocycles. The lowest BCUT2D eigenvalue weighted by atomic mass is 9.39. The molecule has 21 heavy (non-hydrogen) atoms. The lowest BCUT2D eigenvalue weighted by Gasteiger charge is -2.66. The molecule has 3 unspecified atom stereocenters. The Morgan fingerprint density at radius 3 is 2.48 bits per heavy atom. The van der Waals surface area contributed by atoms with Crippen LogP contribution in [0.2, 0.25) is 0 Å². The highest BCUT2D eigenvalue weighted by atomic mass is 16.5. The Labute approximate surface area is 129 Å². The molecule has 4 saturated carbocycles. The Balaban J connectivity index is 1.55. The molecule has 0 amide bonds. The van der Waals surface area contributed by atoms with Crippen LogP contribution in [0.3, 0.4) is 0 Å². The normalized spacial score (nSPS) is 49.7. The van der Waals surface area contributed by atoms with Crippen LogP contribution in [0.15, 0.2) is 11.8 Å². The van der Waals surface area contributed by atoms with Gasteiger partial charge >= 0.3 is 0 Å². The van der Waals surface area contributed by atoms with Gasteiger partial charge in [-0.15, -0.1) is 0 Å². The maximum Gasteiger partial charge on any atom is 0.0876 e. The van der Waals surface area contributed by atoms with Crippen LogP contribution in [0.25, 0.3) is 0 Å². The fourth-order valence-electron chi connectivity index (χ4n) is 7.28. The van der Waals surface area contributed by atoms with E-state index in [1.165, 1.54) is 38.5 Å². The van der Waals surface area contributed by atoms with Gasteiger partial charge in [-0.1, -0.05) is 13.8 Å². The fourth-order valence-corrected chi connectivity index (χ4v) is 7.28. The van der Waals surface area contributed by atoms with E-state index in [0.29, 0.717) is 16.2 Å². The minimum Gasteiger partial charge on any atom is -0.501 e. The van der Waals surface area contributed by atoms with Crippen molar-refractivity contribution in [2.24, 2.45) is 22.2 Å². The van der Waals surface area contributed by atoms with Crippen LogP contribution >= 0.6 is 0 Å². The van der Waals surface area contributed by atoms with E-state index in [9.17, 15) is 5.11 Å². The van der Waals surface area contributed by atoms with Crippen molar-refractivity contribution in [1.29, 1.82) is 0 Å². The largest absolute Gasteiger partial charge is 0.501 e. The molecule has 0 spiro atoms. The van der Waals surface area contributed by atoms with Gasteiger partial charge in [0.15, 0.2) is 0 Å². The van der Waals surface area contributed by atoms with E-state index in [-0.39, 0.29) is 6.10 Å². The van der Waals surface area contributed by atoms with E-state index in [2.05, 4.69) is 13.8 Å². The molecule has 2 nitrogen and oxygen atoms in total. The maximum absolute atomic E-state index is 10.8. The van der Waals surface area contributed by atoms with Crippen LogP contribution in [0, 0.1) is 22.2 Å². The predicted octanol–water partition coefficient (Wildman–Crippen LogP) is 4.43. The first-order valence-corrected chi connectivity index (χ1v) is 8.88. The van der Waals surface area contributed by atoms with Crippen molar-refractivity contribution in [3.63, 3.8) is 0 Å². The average molecular weight is 290 g/mol. The van der Waals surface area contributed by atoms with E-state index in [0.717, 1.165) is 37.4 Å². The summed E-state index contributed by atoms with van der Waals surface area (Å²) < 4.78 is 5.44. The fraction of sp³-hybridized carbons (Fsp3) is 0.895. The highest BCUT2D eigenvalue weighted by Gasteiger charge is 2.60. The van der Waals surface area contributed by atoms with Gasteiger partial charge in [0.25, 0.3) is 0 Å². The third kappa shape index (κ3) is 2.44. The van der Waals surface area contributed by atoms with Gasteiger partial charge in [0.2, 0.25) is 0 Å². The molecule has 4 fully saturated rings. The highest BCUT2D eigenvalue weighted by molar-refractivity contribution is 5.14. The number of aliphatic hydroxyl groups excluding tert-OH is 1. The molecular formula is C19H30O2. The summed E-state index contributed by atoms with van der Waals surface area (Å²) in [5.41, 5.74) is 2.64. The number of ether oxygens (including phenoxy) is 1. The van der Waals surface area contributed by atoms with E-state index >= 15 is 0 Å². The molecule has 0 radical (unpaired) electrons. The summed E-state index contributed by atoms with van der Waals surface area (Å²) in [6, 6.07) is 0. The maximum atomic E-state index is 10.8. The Kier molecular flexibility index (Phi) is 3.03. The van der Waals surface area contributed by atoms with Gasteiger partial charge < -0.3 is 9.84 Å². The average Bonchev–Trinajstić information content (AvgIpc) is 2.34. The van der Waals surface area contributed by atoms with E-state index in [1.807, 2.05) is 6.26 Å². The van der Waals surface area contributed by atoms with Gasteiger partial charge in [-0.3, -0.25) is 0 Å². The summed E-state index contributed by atoms with van der Waals surface area (Å²) in [5.74, 6) is 0.917. The van der Waals surface area contributed by atoms with Gasteiger partial charge in [0.1, 0.15) is 0 Å². The van der Waals surface area contributed by atoms with Crippen LogP contribution in [-0.4, -0.2) is 17.8 Å². The SMILES string of the molecule is CC12CC3CC(C)(C1)CC(CC(O)C1=COCCC1)(C3)C2. The highest BCUT2D eigenvalue weighted by Crippen LogP contribution is 2.70. The van der Waals surface area contributed by atoms with Crippen LogP contribution in [0.4, 0.5) is 0 Å². The predicted molar refractivity (Wildman–Crippen MR) is 83.7 cm³/mol. The van der Waals surface area contributed by atoms with Crippen molar-refractivity contribution in [2.45, 2.75) is 77.7 Å². The third-order valence-electron chi connectivity index (χ3n) is 6.76. The van der Waals surface area contributed by atoms with E-state index < -0.39 is 0 Å². The summed E-state index contributed by atoms with van der Waals surface area (Å²) in [6.07, 6.45) is 13.0. The van der Waals surface area contributed by atoms with E-state index in [1.54, 1.807) is 0 Å². The molecule has 5 aliphatic rings. The molecule has 4 bridgehead atoms. The summed E-state index contributed by atoms with van der Waals surface area (Å²) in [4.78, 5) is 0. The van der Waals surface area contributed by atoms with E-state index in [4.69, 9.17) is 4.74 Å². The molecular weight excluding hydrogens is 260 g/mol. The minimum absolute atomic E-state index is 0.270. The quantitative estimate of drug-likeness (QED) is 0.833. The van der Waals surface area contributed by atoms with Crippen molar-refractivity contribution in [2.75, 3.05) is 6.61 Å². The molecule has 0 aromatic carbocycles.